The van der Waals surface area contributed by atoms with E-state index >= 15 is 0 Å². The lowest BCUT2D eigenvalue weighted by Crippen LogP contribution is -2.01. The number of hydrogen-bond acceptors (Lipinski definition) is 4. The van der Waals surface area contributed by atoms with E-state index in [0.29, 0.717) is 39.4 Å². The van der Waals surface area contributed by atoms with Crippen LogP contribution in [0.1, 0.15) is 19.4 Å². The maximum absolute atomic E-state index is 11.3. The van der Waals surface area contributed by atoms with Crippen molar-refractivity contribution in [3.8, 4) is 67.5 Å². The molecule has 5 heteroatoms. The third-order valence-electron chi connectivity index (χ3n) is 10.2. The molecule has 0 bridgehead atoms. The first-order chi connectivity index (χ1) is 29.4. The molecule has 262 valence electrons. The van der Waals surface area contributed by atoms with Gasteiger partial charge in [-0.15, -0.1) is 0 Å². The molecule has 10 aromatic rings. The molecule has 3 aromatic heterocycles. The standard InChI is InChI=1S/C50H35N3O2/c1-31-19-22-33(23-20-31)35-25-26-51-43(30-35)42-29-36(28-41-38-13-7-9-18-47(38)55-49(41)42)37-15-10-16-45-48(37)52-50(39-14-6-8-17-46(39)54)53(45)44-24-21-32(2)27-40(44)34-11-4-3-5-12-34/h3-30,54H,1-2H3/i1D3,2D3. The molecule has 0 amide bonds. The Hall–Kier alpha value is -7.24. The zero-order valence-electron chi connectivity index (χ0n) is 35.4. The molecule has 0 spiro atoms. The van der Waals surface area contributed by atoms with Crippen LogP contribution in [0.4, 0.5) is 0 Å². The summed E-state index contributed by atoms with van der Waals surface area (Å²) in [6.45, 7) is -4.54. The van der Waals surface area contributed by atoms with Gasteiger partial charge < -0.3 is 9.52 Å². The molecule has 0 atom stereocenters. The van der Waals surface area contributed by atoms with E-state index in [1.54, 1.807) is 42.6 Å². The third kappa shape index (κ3) is 5.56. The quantitative estimate of drug-likeness (QED) is 0.186. The molecule has 3 heterocycles. The molecule has 5 nitrogen and oxygen atoms in total. The van der Waals surface area contributed by atoms with E-state index in [2.05, 4.69) is 12.1 Å². The van der Waals surface area contributed by atoms with E-state index in [9.17, 15) is 5.11 Å². The number of aryl methyl sites for hydroxylation is 2. The van der Waals surface area contributed by atoms with Gasteiger partial charge in [0.25, 0.3) is 0 Å². The van der Waals surface area contributed by atoms with Crippen molar-refractivity contribution in [1.82, 2.24) is 14.5 Å². The lowest BCUT2D eigenvalue weighted by Gasteiger charge is -2.16. The number of fused-ring (bicyclic) bond motifs is 4. The summed E-state index contributed by atoms with van der Waals surface area (Å²) in [4.78, 5) is 10.2. The molecule has 0 radical (unpaired) electrons. The molecule has 0 saturated carbocycles. The molecule has 7 aromatic carbocycles. The predicted octanol–water partition coefficient (Wildman–Crippen LogP) is 13.0. The molecule has 0 aliphatic rings. The summed E-state index contributed by atoms with van der Waals surface area (Å²) in [7, 11) is 0. The second kappa shape index (κ2) is 13.0. The van der Waals surface area contributed by atoms with Crippen LogP contribution >= 0.6 is 0 Å². The fraction of sp³-hybridized carbons (Fsp3) is 0.0400. The zero-order valence-corrected chi connectivity index (χ0v) is 29.4. The van der Waals surface area contributed by atoms with E-state index in [1.165, 1.54) is 0 Å². The van der Waals surface area contributed by atoms with Crippen molar-refractivity contribution in [3.05, 3.63) is 181 Å². The van der Waals surface area contributed by atoms with Crippen LogP contribution in [0.25, 0.3) is 94.7 Å². The third-order valence-corrected chi connectivity index (χ3v) is 10.2. The number of nitrogens with zero attached hydrogens (tertiary/aromatic N) is 3. The minimum atomic E-state index is -2.33. The van der Waals surface area contributed by atoms with Gasteiger partial charge in [-0.25, -0.2) is 4.98 Å². The highest BCUT2D eigenvalue weighted by Gasteiger charge is 2.23. The molecule has 55 heavy (non-hydrogen) atoms. The monoisotopic (exact) mass is 715 g/mol. The Kier molecular flexibility index (Phi) is 6.27. The van der Waals surface area contributed by atoms with Gasteiger partial charge in [-0.3, -0.25) is 9.55 Å². The summed E-state index contributed by atoms with van der Waals surface area (Å²) in [6.07, 6.45) is 1.74. The van der Waals surface area contributed by atoms with Crippen LogP contribution < -0.4 is 0 Å². The Balaban J connectivity index is 1.23. The number of pyridine rings is 1. The number of phenols is 1. The maximum atomic E-state index is 11.3. The van der Waals surface area contributed by atoms with Crippen molar-refractivity contribution in [2.24, 2.45) is 0 Å². The van der Waals surface area contributed by atoms with Crippen molar-refractivity contribution in [1.29, 1.82) is 0 Å². The molecular formula is C50H35N3O2. The van der Waals surface area contributed by atoms with Crippen LogP contribution in [0, 0.1) is 13.7 Å². The van der Waals surface area contributed by atoms with Crippen LogP contribution in [0.15, 0.2) is 174 Å². The topological polar surface area (TPSA) is 64.1 Å². The van der Waals surface area contributed by atoms with Crippen molar-refractivity contribution >= 4 is 33.0 Å². The van der Waals surface area contributed by atoms with Gasteiger partial charge in [0, 0.05) is 41.9 Å². The molecule has 1 N–H and O–H groups in total. The normalized spacial score (nSPS) is 13.6. The average molecular weight is 716 g/mol. The molecule has 0 saturated heterocycles. The van der Waals surface area contributed by atoms with E-state index in [1.807, 2.05) is 120 Å². The largest absolute Gasteiger partial charge is 0.507 e. The minimum Gasteiger partial charge on any atom is -0.507 e. The molecule has 0 unspecified atom stereocenters. The smallest absolute Gasteiger partial charge is 0.149 e. The molecule has 0 aliphatic heterocycles. The molecule has 10 rings (SSSR count). The van der Waals surface area contributed by atoms with Crippen molar-refractivity contribution in [2.75, 3.05) is 0 Å². The van der Waals surface area contributed by atoms with Gasteiger partial charge in [-0.1, -0.05) is 114 Å². The lowest BCUT2D eigenvalue weighted by molar-refractivity contribution is 0.477. The summed E-state index contributed by atoms with van der Waals surface area (Å²) in [5.74, 6) is 0.529. The Morgan fingerprint density at radius 3 is 2.20 bits per heavy atom. The van der Waals surface area contributed by atoms with Crippen LogP contribution in [0.3, 0.4) is 0 Å². The Morgan fingerprint density at radius 2 is 1.35 bits per heavy atom. The van der Waals surface area contributed by atoms with E-state index < -0.39 is 13.7 Å². The first-order valence-corrected chi connectivity index (χ1v) is 18.0. The van der Waals surface area contributed by atoms with Crippen molar-refractivity contribution in [3.63, 3.8) is 0 Å². The fourth-order valence-corrected chi connectivity index (χ4v) is 7.59. The van der Waals surface area contributed by atoms with Gasteiger partial charge in [-0.05, 0) is 96.6 Å². The van der Waals surface area contributed by atoms with Gasteiger partial charge in [0.2, 0.25) is 0 Å². The fourth-order valence-electron chi connectivity index (χ4n) is 7.59. The minimum absolute atomic E-state index is 0.0496. The average Bonchev–Trinajstić information content (AvgIpc) is 3.85. The van der Waals surface area contributed by atoms with Crippen LogP contribution in [-0.4, -0.2) is 19.6 Å². The maximum Gasteiger partial charge on any atom is 0.149 e. The van der Waals surface area contributed by atoms with Gasteiger partial charge >= 0.3 is 0 Å². The number of hydrogen-bond donors (Lipinski definition) is 1. The van der Waals surface area contributed by atoms with Gasteiger partial charge in [-0.2, -0.15) is 0 Å². The van der Waals surface area contributed by atoms with Crippen LogP contribution in [0.5, 0.6) is 5.75 Å². The highest BCUT2D eigenvalue weighted by Crippen LogP contribution is 2.43. The summed E-state index contributed by atoms with van der Waals surface area (Å²) in [5, 5.41) is 13.2. The molecule has 0 aliphatic carbocycles. The number of aromatic hydroxyl groups is 1. The number of furan rings is 1. The summed E-state index contributed by atoms with van der Waals surface area (Å²) in [5.41, 5.74) is 10.8. The lowest BCUT2D eigenvalue weighted by atomic mass is 9.95. The second-order valence-electron chi connectivity index (χ2n) is 13.6. The number of para-hydroxylation sites is 3. The van der Waals surface area contributed by atoms with Gasteiger partial charge in [0.1, 0.15) is 22.7 Å². The highest BCUT2D eigenvalue weighted by molar-refractivity contribution is 6.12. The highest BCUT2D eigenvalue weighted by atomic mass is 16.3. The summed E-state index contributed by atoms with van der Waals surface area (Å²) >= 11 is 0. The SMILES string of the molecule is [2H]C([2H])([2H])c1ccc(-c2ccnc(-c3cc(-c4cccc5c4nc(-c4ccccc4O)n5-c4ccc(C([2H])([2H])[2H])cc4-c4ccccc4)cc4c3oc3ccccc34)c2)cc1. The first kappa shape index (κ1) is 26.5. The van der Waals surface area contributed by atoms with Gasteiger partial charge in [0.15, 0.2) is 0 Å². The van der Waals surface area contributed by atoms with E-state index in [0.717, 1.165) is 55.3 Å². The second-order valence-corrected chi connectivity index (χ2v) is 13.6. The van der Waals surface area contributed by atoms with Gasteiger partial charge in [0.05, 0.1) is 28.0 Å². The summed E-state index contributed by atoms with van der Waals surface area (Å²) < 4.78 is 56.8. The van der Waals surface area contributed by atoms with Crippen molar-refractivity contribution < 1.29 is 17.7 Å². The Labute approximate surface area is 326 Å². The van der Waals surface area contributed by atoms with Crippen molar-refractivity contribution in [2.45, 2.75) is 13.7 Å². The predicted molar refractivity (Wildman–Crippen MR) is 224 cm³/mol. The number of benzene rings is 7. The van der Waals surface area contributed by atoms with Crippen LogP contribution in [-0.2, 0) is 0 Å². The Morgan fingerprint density at radius 1 is 0.564 bits per heavy atom. The zero-order chi connectivity index (χ0) is 42.0. The number of aromatic nitrogens is 3. The van der Waals surface area contributed by atoms with Crippen LogP contribution in [0.2, 0.25) is 0 Å². The number of phenolic OH excluding ortho intramolecular Hbond substituents is 1. The summed E-state index contributed by atoms with van der Waals surface area (Å²) in [6, 6.07) is 50.7. The number of rotatable bonds is 6. The molecule has 0 fully saturated rings. The Bertz CT molecular complexity index is 3290. The first-order valence-electron chi connectivity index (χ1n) is 21.0. The molecular weight excluding hydrogens is 675 g/mol. The van der Waals surface area contributed by atoms with E-state index in [4.69, 9.17) is 22.6 Å². The number of imidazole rings is 1. The van der Waals surface area contributed by atoms with E-state index in [-0.39, 0.29) is 16.9 Å².